The number of imidazole rings is 1. The van der Waals surface area contributed by atoms with E-state index in [1.54, 1.807) is 19.2 Å². The van der Waals surface area contributed by atoms with Crippen LogP contribution >= 0.6 is 0 Å². The molecule has 3 heterocycles. The molecule has 6 nitrogen and oxygen atoms in total. The Morgan fingerprint density at radius 3 is 2.90 bits per heavy atom. The second kappa shape index (κ2) is 8.47. The van der Waals surface area contributed by atoms with Crippen molar-refractivity contribution in [3.05, 3.63) is 53.9 Å². The molecule has 0 aliphatic carbocycles. The number of aromatic nitrogens is 2. The van der Waals surface area contributed by atoms with E-state index in [1.165, 1.54) is 6.07 Å². The van der Waals surface area contributed by atoms with Crippen LogP contribution in [0.25, 0.3) is 0 Å². The lowest BCUT2D eigenvalue weighted by Crippen LogP contribution is -2.40. The number of carbonyl (C=O) groups is 1. The van der Waals surface area contributed by atoms with Gasteiger partial charge in [-0.2, -0.15) is 0 Å². The summed E-state index contributed by atoms with van der Waals surface area (Å²) in [5.74, 6) is 0.00723. The van der Waals surface area contributed by atoms with Crippen molar-refractivity contribution in [2.45, 2.75) is 38.8 Å². The Balaban J connectivity index is 1.61. The maximum absolute atomic E-state index is 13.7. The molecule has 1 aromatic heterocycles. The first-order valence-electron chi connectivity index (χ1n) is 10.7. The molecule has 2 saturated heterocycles. The Labute approximate surface area is 177 Å². The minimum Gasteiger partial charge on any atom is -0.383 e. The third kappa shape index (κ3) is 3.88. The molecule has 30 heavy (non-hydrogen) atoms. The first-order valence-corrected chi connectivity index (χ1v) is 10.7. The molecule has 1 amide bonds. The third-order valence-corrected chi connectivity index (χ3v) is 6.59. The molecule has 0 radical (unpaired) electrons. The molecule has 2 fully saturated rings. The van der Waals surface area contributed by atoms with Crippen LogP contribution < -0.4 is 0 Å². The highest BCUT2D eigenvalue weighted by Crippen LogP contribution is 2.49. The molecule has 2 atom stereocenters. The van der Waals surface area contributed by atoms with Gasteiger partial charge >= 0.3 is 0 Å². The maximum atomic E-state index is 13.7. The van der Waals surface area contributed by atoms with Crippen molar-refractivity contribution in [1.82, 2.24) is 19.4 Å². The number of methoxy groups -OCH3 is 1. The van der Waals surface area contributed by atoms with Gasteiger partial charge in [0.2, 0.25) is 5.91 Å². The molecule has 4 rings (SSSR count). The van der Waals surface area contributed by atoms with Gasteiger partial charge in [0.05, 0.1) is 24.0 Å². The molecule has 2 aromatic rings. The fraction of sp³-hybridized carbons (Fsp3) is 0.565. The number of likely N-dealkylation sites (tertiary alicyclic amines) is 2. The van der Waals surface area contributed by atoms with E-state index in [2.05, 4.69) is 29.5 Å². The normalized spacial score (nSPS) is 24.6. The zero-order valence-corrected chi connectivity index (χ0v) is 18.1. The molecule has 1 spiro atoms. The molecule has 0 unspecified atom stereocenters. The highest BCUT2D eigenvalue weighted by molar-refractivity contribution is 5.86. The summed E-state index contributed by atoms with van der Waals surface area (Å²) in [6.07, 6.45) is 4.77. The number of hydrogen-bond acceptors (Lipinski definition) is 4. The van der Waals surface area contributed by atoms with Gasteiger partial charge in [0.15, 0.2) is 0 Å². The van der Waals surface area contributed by atoms with Gasteiger partial charge in [-0.1, -0.05) is 12.1 Å². The molecule has 0 bridgehead atoms. The van der Waals surface area contributed by atoms with Crippen LogP contribution in [0.15, 0.2) is 36.8 Å². The van der Waals surface area contributed by atoms with Crippen LogP contribution in [0.2, 0.25) is 0 Å². The average molecular weight is 415 g/mol. The maximum Gasteiger partial charge on any atom is 0.230 e. The van der Waals surface area contributed by atoms with Crippen molar-refractivity contribution in [3.63, 3.8) is 0 Å². The number of amides is 1. The van der Waals surface area contributed by atoms with Crippen molar-refractivity contribution in [3.8, 4) is 0 Å². The first-order chi connectivity index (χ1) is 14.4. The van der Waals surface area contributed by atoms with E-state index in [1.807, 2.05) is 17.3 Å². The summed E-state index contributed by atoms with van der Waals surface area (Å²) in [6.45, 7) is 8.21. The Hall–Kier alpha value is -2.25. The van der Waals surface area contributed by atoms with Crippen molar-refractivity contribution in [2.75, 3.05) is 39.9 Å². The summed E-state index contributed by atoms with van der Waals surface area (Å²) in [7, 11) is 1.66. The summed E-state index contributed by atoms with van der Waals surface area (Å²) < 4.78 is 21.0. The van der Waals surface area contributed by atoms with E-state index in [0.717, 1.165) is 30.8 Å². The number of halogens is 1. The summed E-state index contributed by atoms with van der Waals surface area (Å²) in [5, 5.41) is 0. The van der Waals surface area contributed by atoms with Crippen LogP contribution in [0.4, 0.5) is 4.39 Å². The van der Waals surface area contributed by atoms with Gasteiger partial charge in [0, 0.05) is 58.0 Å². The van der Waals surface area contributed by atoms with Gasteiger partial charge in [-0.25, -0.2) is 9.37 Å². The fourth-order valence-corrected chi connectivity index (χ4v) is 4.95. The van der Waals surface area contributed by atoms with E-state index in [0.29, 0.717) is 32.3 Å². The molecule has 0 saturated carbocycles. The molecule has 1 aromatic carbocycles. The zero-order valence-electron chi connectivity index (χ0n) is 18.1. The van der Waals surface area contributed by atoms with Crippen LogP contribution in [-0.4, -0.2) is 65.2 Å². The standard InChI is InChI=1S/C23H31FN4O2/c1-17(2)28-14-21(25-16-28)20-13-26(12-18-5-4-6-19(24)11-18)15-23(20)7-8-27(22(23)29)9-10-30-3/h4-6,11,14,16-17,20H,7-10,12-13,15H2,1-3H3/t20-,23-/m0/s1. The topological polar surface area (TPSA) is 50.6 Å². The highest BCUT2D eigenvalue weighted by atomic mass is 19.1. The van der Waals surface area contributed by atoms with E-state index >= 15 is 0 Å². The first kappa shape index (κ1) is 21.0. The Kier molecular flexibility index (Phi) is 5.93. The quantitative estimate of drug-likeness (QED) is 0.699. The minimum absolute atomic E-state index is 0.0334. The predicted octanol–water partition coefficient (Wildman–Crippen LogP) is 3.07. The van der Waals surface area contributed by atoms with E-state index in [-0.39, 0.29) is 17.6 Å². The number of rotatable bonds is 7. The van der Waals surface area contributed by atoms with Gasteiger partial charge in [0.1, 0.15) is 5.82 Å². The molecule has 7 heteroatoms. The van der Waals surface area contributed by atoms with E-state index in [4.69, 9.17) is 9.72 Å². The lowest BCUT2D eigenvalue weighted by atomic mass is 9.75. The summed E-state index contributed by atoms with van der Waals surface area (Å²) in [4.78, 5) is 22.5. The van der Waals surface area contributed by atoms with Crippen LogP contribution in [0.3, 0.4) is 0 Å². The van der Waals surface area contributed by atoms with Gasteiger partial charge in [-0.15, -0.1) is 0 Å². The van der Waals surface area contributed by atoms with Crippen molar-refractivity contribution in [1.29, 1.82) is 0 Å². The van der Waals surface area contributed by atoms with Crippen molar-refractivity contribution >= 4 is 5.91 Å². The SMILES string of the molecule is COCCN1CC[C@@]2(CN(Cc3cccc(F)c3)C[C@H]2c2cn(C(C)C)cn2)C1=O. The molecule has 2 aliphatic heterocycles. The zero-order chi connectivity index (χ0) is 21.3. The summed E-state index contributed by atoms with van der Waals surface area (Å²) in [5.41, 5.74) is 1.43. The molecule has 2 aliphatic rings. The van der Waals surface area contributed by atoms with Crippen LogP contribution in [-0.2, 0) is 16.1 Å². The van der Waals surface area contributed by atoms with Crippen LogP contribution in [0, 0.1) is 11.2 Å². The van der Waals surface area contributed by atoms with Crippen LogP contribution in [0.5, 0.6) is 0 Å². The van der Waals surface area contributed by atoms with Gasteiger partial charge in [-0.3, -0.25) is 9.69 Å². The van der Waals surface area contributed by atoms with Crippen molar-refractivity contribution in [2.24, 2.45) is 5.41 Å². The highest BCUT2D eigenvalue weighted by Gasteiger charge is 2.57. The third-order valence-electron chi connectivity index (χ3n) is 6.59. The molecular weight excluding hydrogens is 383 g/mol. The Bertz CT molecular complexity index is 899. The van der Waals surface area contributed by atoms with Gasteiger partial charge < -0.3 is 14.2 Å². The lowest BCUT2D eigenvalue weighted by Gasteiger charge is -2.28. The Morgan fingerprint density at radius 2 is 2.20 bits per heavy atom. The molecule has 0 N–H and O–H groups in total. The van der Waals surface area contributed by atoms with E-state index < -0.39 is 5.41 Å². The number of ether oxygens (including phenoxy) is 1. The summed E-state index contributed by atoms with van der Waals surface area (Å²) in [6, 6.07) is 7.05. The largest absolute Gasteiger partial charge is 0.383 e. The minimum atomic E-state index is -0.475. The smallest absolute Gasteiger partial charge is 0.230 e. The fourth-order valence-electron chi connectivity index (χ4n) is 4.95. The number of benzene rings is 1. The number of nitrogens with zero attached hydrogens (tertiary/aromatic N) is 4. The average Bonchev–Trinajstić information content (AvgIpc) is 3.40. The second-order valence-corrected chi connectivity index (χ2v) is 8.88. The van der Waals surface area contributed by atoms with Gasteiger partial charge in [-0.05, 0) is 38.0 Å². The molecule has 162 valence electrons. The number of carbonyl (C=O) groups excluding carboxylic acids is 1. The lowest BCUT2D eigenvalue weighted by molar-refractivity contribution is -0.136. The van der Waals surface area contributed by atoms with Gasteiger partial charge in [0.25, 0.3) is 0 Å². The molecular formula is C23H31FN4O2. The number of hydrogen-bond donors (Lipinski definition) is 0. The monoisotopic (exact) mass is 414 g/mol. The second-order valence-electron chi connectivity index (χ2n) is 8.88. The van der Waals surface area contributed by atoms with Crippen molar-refractivity contribution < 1.29 is 13.9 Å². The van der Waals surface area contributed by atoms with E-state index in [9.17, 15) is 9.18 Å². The summed E-state index contributed by atoms with van der Waals surface area (Å²) >= 11 is 0. The predicted molar refractivity (Wildman–Crippen MR) is 113 cm³/mol. The van der Waals surface area contributed by atoms with Crippen LogP contribution in [0.1, 0.15) is 43.5 Å². The Morgan fingerprint density at radius 1 is 1.37 bits per heavy atom.